The third kappa shape index (κ3) is 3.70. The maximum absolute atomic E-state index is 5.51. The molecule has 0 aromatic heterocycles. The summed E-state index contributed by atoms with van der Waals surface area (Å²) in [5.74, 6) is 7.19. The lowest BCUT2D eigenvalue weighted by atomic mass is 9.85. The zero-order valence-corrected chi connectivity index (χ0v) is 10.2. The van der Waals surface area contributed by atoms with Gasteiger partial charge in [0.2, 0.25) is 5.96 Å². The van der Waals surface area contributed by atoms with Crippen molar-refractivity contribution in [3.05, 3.63) is 0 Å². The van der Waals surface area contributed by atoms with Gasteiger partial charge in [-0.05, 0) is 39.5 Å². The van der Waals surface area contributed by atoms with Crippen molar-refractivity contribution in [2.75, 3.05) is 13.1 Å². The van der Waals surface area contributed by atoms with Crippen LogP contribution in [0.15, 0.2) is 4.99 Å². The first-order valence-corrected chi connectivity index (χ1v) is 5.96. The summed E-state index contributed by atoms with van der Waals surface area (Å²) in [6, 6.07) is 0.284. The molecule has 0 aromatic rings. The van der Waals surface area contributed by atoms with Crippen LogP contribution >= 0.6 is 0 Å². The topological polar surface area (TPSA) is 53.6 Å². The lowest BCUT2D eigenvalue weighted by Gasteiger charge is -2.33. The smallest absolute Gasteiger partial charge is 0.208 e. The van der Waals surface area contributed by atoms with E-state index >= 15 is 0 Å². The molecule has 0 saturated heterocycles. The summed E-state index contributed by atoms with van der Waals surface area (Å²) >= 11 is 0. The summed E-state index contributed by atoms with van der Waals surface area (Å²) in [7, 11) is 0. The molecule has 0 amide bonds. The normalized spacial score (nSPS) is 17.8. The summed E-state index contributed by atoms with van der Waals surface area (Å²) in [6.45, 7) is 8.33. The number of guanidine groups is 1. The van der Waals surface area contributed by atoms with Gasteiger partial charge in [0.25, 0.3) is 0 Å². The van der Waals surface area contributed by atoms with E-state index in [1.54, 1.807) is 0 Å². The van der Waals surface area contributed by atoms with E-state index in [2.05, 4.69) is 36.1 Å². The molecule has 1 rings (SSSR count). The highest BCUT2D eigenvalue weighted by Crippen LogP contribution is 2.26. The molecule has 1 aliphatic carbocycles. The van der Waals surface area contributed by atoms with E-state index in [0.29, 0.717) is 0 Å². The van der Waals surface area contributed by atoms with Crippen molar-refractivity contribution >= 4 is 5.96 Å². The minimum atomic E-state index is 0.284. The molecule has 15 heavy (non-hydrogen) atoms. The maximum Gasteiger partial charge on any atom is 0.208 e. The lowest BCUT2D eigenvalue weighted by molar-refractivity contribution is 0.240. The van der Waals surface area contributed by atoms with Gasteiger partial charge in [0.15, 0.2) is 0 Å². The van der Waals surface area contributed by atoms with Crippen molar-refractivity contribution in [2.45, 2.75) is 46.1 Å². The van der Waals surface area contributed by atoms with E-state index in [4.69, 9.17) is 5.84 Å². The molecule has 1 fully saturated rings. The Morgan fingerprint density at radius 3 is 2.53 bits per heavy atom. The van der Waals surface area contributed by atoms with Crippen LogP contribution in [0.3, 0.4) is 0 Å². The second kappa shape index (κ2) is 5.95. The third-order valence-corrected chi connectivity index (χ3v) is 2.89. The first-order chi connectivity index (χ1) is 7.17. The summed E-state index contributed by atoms with van der Waals surface area (Å²) in [5.41, 5.74) is 2.71. The molecule has 0 unspecified atom stereocenters. The average molecular weight is 212 g/mol. The number of nitrogens with one attached hydrogen (secondary N) is 1. The molecule has 0 aromatic carbocycles. The molecule has 0 atom stereocenters. The fourth-order valence-electron chi connectivity index (χ4n) is 1.81. The molecule has 0 spiro atoms. The van der Waals surface area contributed by atoms with E-state index in [1.807, 2.05) is 0 Å². The fraction of sp³-hybridized carbons (Fsp3) is 0.909. The molecule has 1 aliphatic rings. The number of hydrazine groups is 1. The molecular formula is C11H24N4. The minimum absolute atomic E-state index is 0.284. The van der Waals surface area contributed by atoms with Gasteiger partial charge in [-0.25, -0.2) is 10.8 Å². The highest BCUT2D eigenvalue weighted by Gasteiger charge is 2.21. The Hall–Kier alpha value is -0.770. The van der Waals surface area contributed by atoms with Gasteiger partial charge in [0, 0.05) is 19.1 Å². The summed E-state index contributed by atoms with van der Waals surface area (Å²) < 4.78 is 0. The second-order valence-electron chi connectivity index (χ2n) is 4.53. The lowest BCUT2D eigenvalue weighted by Crippen LogP contribution is -2.47. The third-order valence-electron chi connectivity index (χ3n) is 2.89. The minimum Gasteiger partial charge on any atom is -0.342 e. The Labute approximate surface area is 92.9 Å². The van der Waals surface area contributed by atoms with E-state index in [1.165, 1.54) is 19.3 Å². The van der Waals surface area contributed by atoms with Crippen molar-refractivity contribution in [1.82, 2.24) is 10.3 Å². The molecule has 0 heterocycles. The standard InChI is InChI=1S/C11H24N4/c1-4-15(8-10-6-5-7-10)11(14-12)13-9(2)3/h9-10H,4-8,12H2,1-3H3,(H,13,14). The summed E-state index contributed by atoms with van der Waals surface area (Å²) in [5, 5.41) is 0. The quantitative estimate of drug-likeness (QED) is 0.320. The van der Waals surface area contributed by atoms with Crippen LogP contribution in [0.2, 0.25) is 0 Å². The van der Waals surface area contributed by atoms with Crippen LogP contribution in [0.4, 0.5) is 0 Å². The molecule has 3 N–H and O–H groups in total. The predicted octanol–water partition coefficient (Wildman–Crippen LogP) is 1.34. The maximum atomic E-state index is 5.51. The Balaban J connectivity index is 2.52. The molecule has 0 radical (unpaired) electrons. The van der Waals surface area contributed by atoms with Crippen molar-refractivity contribution in [3.8, 4) is 0 Å². The Bertz CT molecular complexity index is 209. The van der Waals surface area contributed by atoms with Gasteiger partial charge in [0.05, 0.1) is 0 Å². The molecular weight excluding hydrogens is 188 g/mol. The molecule has 1 saturated carbocycles. The van der Waals surface area contributed by atoms with E-state index in [0.717, 1.165) is 25.0 Å². The van der Waals surface area contributed by atoms with E-state index in [-0.39, 0.29) is 6.04 Å². The van der Waals surface area contributed by atoms with Crippen molar-refractivity contribution in [1.29, 1.82) is 0 Å². The van der Waals surface area contributed by atoms with Crippen LogP contribution in [0.25, 0.3) is 0 Å². The number of nitrogens with zero attached hydrogens (tertiary/aromatic N) is 2. The van der Waals surface area contributed by atoms with Crippen LogP contribution in [0, 0.1) is 5.92 Å². The van der Waals surface area contributed by atoms with Crippen LogP contribution in [0.5, 0.6) is 0 Å². The number of nitrogens with two attached hydrogens (primary N) is 1. The monoisotopic (exact) mass is 212 g/mol. The predicted molar refractivity (Wildman–Crippen MR) is 64.5 cm³/mol. The molecule has 0 bridgehead atoms. The highest BCUT2D eigenvalue weighted by molar-refractivity contribution is 5.79. The van der Waals surface area contributed by atoms with Crippen LogP contribution in [0.1, 0.15) is 40.0 Å². The zero-order chi connectivity index (χ0) is 11.3. The van der Waals surface area contributed by atoms with Gasteiger partial charge in [-0.1, -0.05) is 6.42 Å². The number of hydrogen-bond donors (Lipinski definition) is 2. The van der Waals surface area contributed by atoms with Crippen molar-refractivity contribution in [3.63, 3.8) is 0 Å². The number of rotatable bonds is 4. The van der Waals surface area contributed by atoms with Crippen molar-refractivity contribution < 1.29 is 0 Å². The van der Waals surface area contributed by atoms with Gasteiger partial charge >= 0.3 is 0 Å². The van der Waals surface area contributed by atoms with Crippen LogP contribution in [-0.4, -0.2) is 30.0 Å². The van der Waals surface area contributed by atoms with E-state index < -0.39 is 0 Å². The second-order valence-corrected chi connectivity index (χ2v) is 4.53. The van der Waals surface area contributed by atoms with Crippen molar-refractivity contribution in [2.24, 2.45) is 16.8 Å². The van der Waals surface area contributed by atoms with Crippen LogP contribution in [-0.2, 0) is 0 Å². The highest BCUT2D eigenvalue weighted by atomic mass is 15.4. The van der Waals surface area contributed by atoms with Gasteiger partial charge in [-0.3, -0.25) is 5.43 Å². The Kier molecular flexibility index (Phi) is 4.88. The van der Waals surface area contributed by atoms with Gasteiger partial charge in [-0.2, -0.15) is 0 Å². The summed E-state index contributed by atoms with van der Waals surface area (Å²) in [6.07, 6.45) is 4.10. The average Bonchev–Trinajstić information content (AvgIpc) is 2.13. The van der Waals surface area contributed by atoms with Gasteiger partial charge < -0.3 is 4.90 Å². The molecule has 0 aliphatic heterocycles. The SMILES string of the molecule is CCN(CC1CCC1)C(=NC(C)C)NN. The molecule has 4 heteroatoms. The summed E-state index contributed by atoms with van der Waals surface area (Å²) in [4.78, 5) is 6.72. The fourth-order valence-corrected chi connectivity index (χ4v) is 1.81. The number of aliphatic imine (C=N–C) groups is 1. The van der Waals surface area contributed by atoms with E-state index in [9.17, 15) is 0 Å². The largest absolute Gasteiger partial charge is 0.342 e. The first-order valence-electron chi connectivity index (χ1n) is 5.96. The van der Waals surface area contributed by atoms with Gasteiger partial charge in [0.1, 0.15) is 0 Å². The molecule has 88 valence electrons. The molecule has 4 nitrogen and oxygen atoms in total. The Morgan fingerprint density at radius 1 is 1.53 bits per heavy atom. The number of hydrogen-bond acceptors (Lipinski definition) is 2. The Morgan fingerprint density at radius 2 is 2.20 bits per heavy atom. The van der Waals surface area contributed by atoms with Gasteiger partial charge in [-0.15, -0.1) is 0 Å². The van der Waals surface area contributed by atoms with Crippen LogP contribution < -0.4 is 11.3 Å². The first kappa shape index (κ1) is 12.3. The zero-order valence-electron chi connectivity index (χ0n) is 10.2.